The SMILES string of the molecule is CCCOC(=O)N(CC(=O)O)Cc1cc(OCc2nc(-c3ccc(Cl)cc3)oc2C)ccc1F. The first kappa shape index (κ1) is 25.0. The number of halogens is 2. The minimum absolute atomic E-state index is 0.0609. The van der Waals surface area contributed by atoms with Gasteiger partial charge in [-0.25, -0.2) is 14.2 Å². The Morgan fingerprint density at radius 2 is 1.94 bits per heavy atom. The lowest BCUT2D eigenvalue weighted by Crippen LogP contribution is -2.36. The monoisotopic (exact) mass is 490 g/mol. The molecule has 1 heterocycles. The lowest BCUT2D eigenvalue weighted by molar-refractivity contribution is -0.138. The Balaban J connectivity index is 1.71. The molecule has 0 bridgehead atoms. The number of carbonyl (C=O) groups excluding carboxylic acids is 1. The third-order valence-corrected chi connectivity index (χ3v) is 5.00. The van der Waals surface area contributed by atoms with E-state index in [0.717, 1.165) is 10.5 Å². The van der Waals surface area contributed by atoms with Gasteiger partial charge in [-0.05, 0) is 55.8 Å². The van der Waals surface area contributed by atoms with Gasteiger partial charge in [0.05, 0.1) is 13.2 Å². The maximum absolute atomic E-state index is 14.4. The minimum atomic E-state index is -1.24. The molecule has 3 aromatic rings. The molecule has 0 radical (unpaired) electrons. The molecule has 0 aliphatic carbocycles. The molecule has 34 heavy (non-hydrogen) atoms. The molecule has 0 aliphatic rings. The molecule has 1 amide bonds. The first-order chi connectivity index (χ1) is 16.3. The summed E-state index contributed by atoms with van der Waals surface area (Å²) in [6.07, 6.45) is -0.256. The van der Waals surface area contributed by atoms with E-state index < -0.39 is 24.4 Å². The van der Waals surface area contributed by atoms with Crippen LogP contribution in [0, 0.1) is 12.7 Å². The molecule has 180 valence electrons. The summed E-state index contributed by atoms with van der Waals surface area (Å²) in [7, 11) is 0. The van der Waals surface area contributed by atoms with Gasteiger partial charge in [0.15, 0.2) is 0 Å². The van der Waals surface area contributed by atoms with E-state index in [4.69, 9.17) is 30.6 Å². The second kappa shape index (κ2) is 11.5. The lowest BCUT2D eigenvalue weighted by atomic mass is 10.2. The molecule has 0 fully saturated rings. The standard InChI is InChI=1S/C24H24ClFN2O6/c1-3-10-32-24(31)28(13-22(29)30)12-17-11-19(8-9-20(17)26)33-14-21-15(2)34-23(27-21)16-4-6-18(25)7-5-16/h4-9,11H,3,10,12-14H2,1-2H3,(H,29,30). The second-order valence-corrected chi connectivity index (χ2v) is 7.87. The number of amides is 1. The van der Waals surface area contributed by atoms with Crippen LogP contribution >= 0.6 is 11.6 Å². The van der Waals surface area contributed by atoms with E-state index in [-0.39, 0.29) is 25.3 Å². The number of carboxylic acids is 1. The van der Waals surface area contributed by atoms with Crippen LogP contribution in [-0.2, 0) is 22.7 Å². The second-order valence-electron chi connectivity index (χ2n) is 7.43. The number of carboxylic acid groups (broad SMARTS) is 1. The van der Waals surface area contributed by atoms with E-state index in [9.17, 15) is 14.0 Å². The van der Waals surface area contributed by atoms with Crippen molar-refractivity contribution < 1.29 is 33.0 Å². The van der Waals surface area contributed by atoms with Crippen molar-refractivity contribution >= 4 is 23.7 Å². The Labute approximate surface area is 200 Å². The molecule has 0 aliphatic heterocycles. The molecular formula is C24H24ClFN2O6. The van der Waals surface area contributed by atoms with Gasteiger partial charge in [0.25, 0.3) is 0 Å². The van der Waals surface area contributed by atoms with Gasteiger partial charge in [0.1, 0.15) is 36.2 Å². The van der Waals surface area contributed by atoms with Crippen LogP contribution in [-0.4, -0.2) is 40.2 Å². The predicted octanol–water partition coefficient (Wildman–Crippen LogP) is 5.45. The van der Waals surface area contributed by atoms with Gasteiger partial charge in [-0.15, -0.1) is 0 Å². The number of benzene rings is 2. The van der Waals surface area contributed by atoms with Gasteiger partial charge < -0.3 is 19.0 Å². The zero-order chi connectivity index (χ0) is 24.7. The molecule has 3 rings (SSSR count). The zero-order valence-electron chi connectivity index (χ0n) is 18.7. The van der Waals surface area contributed by atoms with Crippen LogP contribution in [0.2, 0.25) is 5.02 Å². The third kappa shape index (κ3) is 6.71. The fourth-order valence-corrected chi connectivity index (χ4v) is 3.15. The number of nitrogens with zero attached hydrogens (tertiary/aromatic N) is 2. The van der Waals surface area contributed by atoms with Crippen LogP contribution in [0.15, 0.2) is 46.9 Å². The van der Waals surface area contributed by atoms with E-state index in [1.54, 1.807) is 31.2 Å². The number of oxazole rings is 1. The Kier molecular flexibility index (Phi) is 8.48. The van der Waals surface area contributed by atoms with Gasteiger partial charge >= 0.3 is 12.1 Å². The first-order valence-electron chi connectivity index (χ1n) is 10.5. The van der Waals surface area contributed by atoms with Gasteiger partial charge in [0.2, 0.25) is 5.89 Å². The minimum Gasteiger partial charge on any atom is -0.487 e. The normalized spacial score (nSPS) is 10.7. The molecule has 0 atom stereocenters. The highest BCUT2D eigenvalue weighted by molar-refractivity contribution is 6.30. The first-order valence-corrected chi connectivity index (χ1v) is 10.9. The van der Waals surface area contributed by atoms with Crippen molar-refractivity contribution in [3.05, 3.63) is 70.3 Å². The number of ether oxygens (including phenoxy) is 2. The van der Waals surface area contributed by atoms with E-state index in [1.807, 2.05) is 6.92 Å². The maximum Gasteiger partial charge on any atom is 0.410 e. The van der Waals surface area contributed by atoms with E-state index in [2.05, 4.69) is 4.98 Å². The van der Waals surface area contributed by atoms with Gasteiger partial charge in [-0.2, -0.15) is 0 Å². The predicted molar refractivity (Wildman–Crippen MR) is 122 cm³/mol. The summed E-state index contributed by atoms with van der Waals surface area (Å²) in [4.78, 5) is 28.7. The third-order valence-electron chi connectivity index (χ3n) is 4.75. The summed E-state index contributed by atoms with van der Waals surface area (Å²) in [5.74, 6) is -0.530. The number of hydrogen-bond donors (Lipinski definition) is 1. The topological polar surface area (TPSA) is 102 Å². The smallest absolute Gasteiger partial charge is 0.410 e. The van der Waals surface area contributed by atoms with Crippen molar-refractivity contribution in [2.45, 2.75) is 33.4 Å². The van der Waals surface area contributed by atoms with Crippen LogP contribution < -0.4 is 4.74 Å². The number of carbonyl (C=O) groups is 2. The molecule has 0 spiro atoms. The molecule has 0 saturated carbocycles. The molecular weight excluding hydrogens is 467 g/mol. The van der Waals surface area contributed by atoms with Crippen LogP contribution in [0.5, 0.6) is 5.75 Å². The largest absolute Gasteiger partial charge is 0.487 e. The van der Waals surface area contributed by atoms with Crippen molar-refractivity contribution in [2.75, 3.05) is 13.2 Å². The molecule has 0 unspecified atom stereocenters. The highest BCUT2D eigenvalue weighted by atomic mass is 35.5. The Hall–Kier alpha value is -3.59. The lowest BCUT2D eigenvalue weighted by Gasteiger charge is -2.21. The average Bonchev–Trinajstić information content (AvgIpc) is 3.18. The van der Waals surface area contributed by atoms with Crippen molar-refractivity contribution in [2.24, 2.45) is 0 Å². The molecule has 10 heteroatoms. The van der Waals surface area contributed by atoms with Crippen LogP contribution in [0.3, 0.4) is 0 Å². The molecule has 1 N–H and O–H groups in total. The quantitative estimate of drug-likeness (QED) is 0.403. The van der Waals surface area contributed by atoms with E-state index >= 15 is 0 Å². The summed E-state index contributed by atoms with van der Waals surface area (Å²) in [5.41, 5.74) is 1.41. The number of aliphatic carboxylic acids is 1. The van der Waals surface area contributed by atoms with Gasteiger partial charge in [0, 0.05) is 16.1 Å². The number of aromatic nitrogens is 1. The summed E-state index contributed by atoms with van der Waals surface area (Å²) in [6, 6.07) is 11.1. The van der Waals surface area contributed by atoms with Crippen LogP contribution in [0.25, 0.3) is 11.5 Å². The Morgan fingerprint density at radius 1 is 1.21 bits per heavy atom. The molecule has 0 saturated heterocycles. The van der Waals surface area contributed by atoms with Crippen molar-refractivity contribution in [3.8, 4) is 17.2 Å². The Morgan fingerprint density at radius 3 is 2.62 bits per heavy atom. The molecule has 1 aromatic heterocycles. The fraction of sp³-hybridized carbons (Fsp3) is 0.292. The van der Waals surface area contributed by atoms with Crippen LogP contribution in [0.1, 0.15) is 30.4 Å². The average molecular weight is 491 g/mol. The molecule has 8 nitrogen and oxygen atoms in total. The summed E-state index contributed by atoms with van der Waals surface area (Å²) >= 11 is 5.92. The number of hydrogen-bond acceptors (Lipinski definition) is 6. The summed E-state index contributed by atoms with van der Waals surface area (Å²) < 4.78 is 30.9. The van der Waals surface area contributed by atoms with E-state index in [0.29, 0.717) is 34.5 Å². The van der Waals surface area contributed by atoms with E-state index in [1.165, 1.54) is 18.2 Å². The Bertz CT molecular complexity index is 1150. The number of aryl methyl sites for hydroxylation is 1. The van der Waals surface area contributed by atoms with Crippen molar-refractivity contribution in [1.29, 1.82) is 0 Å². The summed E-state index contributed by atoms with van der Waals surface area (Å²) in [5, 5.41) is 9.70. The van der Waals surface area contributed by atoms with Gasteiger partial charge in [-0.3, -0.25) is 9.69 Å². The maximum atomic E-state index is 14.4. The zero-order valence-corrected chi connectivity index (χ0v) is 19.5. The summed E-state index contributed by atoms with van der Waals surface area (Å²) in [6.45, 7) is 2.85. The fourth-order valence-electron chi connectivity index (χ4n) is 3.03. The highest BCUT2D eigenvalue weighted by Crippen LogP contribution is 2.25. The number of rotatable bonds is 10. The van der Waals surface area contributed by atoms with Crippen molar-refractivity contribution in [3.63, 3.8) is 0 Å². The highest BCUT2D eigenvalue weighted by Gasteiger charge is 2.21. The van der Waals surface area contributed by atoms with Crippen molar-refractivity contribution in [1.82, 2.24) is 9.88 Å². The molecule has 2 aromatic carbocycles. The van der Waals surface area contributed by atoms with Crippen LogP contribution in [0.4, 0.5) is 9.18 Å². The van der Waals surface area contributed by atoms with Gasteiger partial charge in [-0.1, -0.05) is 18.5 Å².